The smallest absolute Gasteiger partial charge is 0.253 e. The molecule has 0 spiro atoms. The first-order chi connectivity index (χ1) is 14.0. The molecule has 1 aromatic heterocycles. The van der Waals surface area contributed by atoms with Gasteiger partial charge in [0.05, 0.1) is 10.2 Å². The lowest BCUT2D eigenvalue weighted by Gasteiger charge is -2.34. The standard InChI is InChI=1S/C22H25N3OS3/c1-15(2)28-17-9-7-16(8-10-17)21(26)24-11-13-25(14-12-24)22-23-20-18(27-3)5-4-6-19(20)29-22/h4-10,15H,11-14H2,1-3H3. The zero-order valence-electron chi connectivity index (χ0n) is 16.9. The monoisotopic (exact) mass is 443 g/mol. The molecule has 3 aromatic rings. The Labute approximate surface area is 184 Å². The molecule has 0 radical (unpaired) electrons. The molecule has 1 aliphatic heterocycles. The number of benzene rings is 2. The third-order valence-electron chi connectivity index (χ3n) is 4.90. The summed E-state index contributed by atoms with van der Waals surface area (Å²) in [6, 6.07) is 14.4. The first-order valence-electron chi connectivity index (χ1n) is 9.79. The minimum Gasteiger partial charge on any atom is -0.345 e. The van der Waals surface area contributed by atoms with E-state index in [0.717, 1.165) is 42.4 Å². The molecule has 1 saturated heterocycles. The number of hydrogen-bond acceptors (Lipinski definition) is 6. The molecule has 29 heavy (non-hydrogen) atoms. The molecular weight excluding hydrogens is 418 g/mol. The maximum Gasteiger partial charge on any atom is 0.253 e. The highest BCUT2D eigenvalue weighted by Crippen LogP contribution is 2.34. The van der Waals surface area contributed by atoms with E-state index in [-0.39, 0.29) is 5.91 Å². The second kappa shape index (κ2) is 8.98. The minimum atomic E-state index is 0.125. The quantitative estimate of drug-likeness (QED) is 0.488. The third-order valence-corrected chi connectivity index (χ3v) is 7.77. The second-order valence-electron chi connectivity index (χ2n) is 7.27. The van der Waals surface area contributed by atoms with E-state index < -0.39 is 0 Å². The fourth-order valence-electron chi connectivity index (χ4n) is 3.44. The average molecular weight is 444 g/mol. The van der Waals surface area contributed by atoms with Crippen molar-refractivity contribution in [3.63, 3.8) is 0 Å². The van der Waals surface area contributed by atoms with Gasteiger partial charge < -0.3 is 9.80 Å². The number of anilines is 1. The first-order valence-corrected chi connectivity index (χ1v) is 12.7. The van der Waals surface area contributed by atoms with Crippen LogP contribution in [0, 0.1) is 0 Å². The molecule has 0 N–H and O–H groups in total. The number of thiazole rings is 1. The van der Waals surface area contributed by atoms with Gasteiger partial charge in [-0.3, -0.25) is 4.79 Å². The van der Waals surface area contributed by atoms with Crippen LogP contribution in [-0.4, -0.2) is 53.5 Å². The summed E-state index contributed by atoms with van der Waals surface area (Å²) in [7, 11) is 0. The molecule has 0 unspecified atom stereocenters. The highest BCUT2D eigenvalue weighted by atomic mass is 32.2. The van der Waals surface area contributed by atoms with Crippen molar-refractivity contribution in [2.45, 2.75) is 28.9 Å². The van der Waals surface area contributed by atoms with Crippen molar-refractivity contribution >= 4 is 56.1 Å². The van der Waals surface area contributed by atoms with E-state index in [0.29, 0.717) is 5.25 Å². The van der Waals surface area contributed by atoms with Crippen molar-refractivity contribution in [3.8, 4) is 0 Å². The van der Waals surface area contributed by atoms with Gasteiger partial charge in [-0.1, -0.05) is 31.3 Å². The van der Waals surface area contributed by atoms with Gasteiger partial charge in [0, 0.05) is 46.8 Å². The summed E-state index contributed by atoms with van der Waals surface area (Å²) in [5.74, 6) is 0.125. The number of para-hydroxylation sites is 1. The Balaban J connectivity index is 1.41. The Kier molecular flexibility index (Phi) is 6.37. The molecule has 0 bridgehead atoms. The lowest BCUT2D eigenvalue weighted by atomic mass is 10.2. The molecule has 0 aliphatic carbocycles. The predicted octanol–water partition coefficient (Wildman–Crippen LogP) is 5.48. The van der Waals surface area contributed by atoms with Gasteiger partial charge in [0.1, 0.15) is 0 Å². The largest absolute Gasteiger partial charge is 0.345 e. The van der Waals surface area contributed by atoms with Crippen LogP contribution < -0.4 is 4.90 Å². The molecule has 4 rings (SSSR count). The van der Waals surface area contributed by atoms with Crippen LogP contribution in [-0.2, 0) is 0 Å². The Bertz CT molecular complexity index is 992. The zero-order valence-corrected chi connectivity index (χ0v) is 19.4. The second-order valence-corrected chi connectivity index (χ2v) is 10.8. The Morgan fingerprint density at radius 2 is 1.79 bits per heavy atom. The summed E-state index contributed by atoms with van der Waals surface area (Å²) in [4.78, 5) is 24.5. The van der Waals surface area contributed by atoms with Crippen LogP contribution >= 0.6 is 34.9 Å². The van der Waals surface area contributed by atoms with Crippen LogP contribution in [0.5, 0.6) is 0 Å². The van der Waals surface area contributed by atoms with E-state index in [1.165, 1.54) is 14.5 Å². The van der Waals surface area contributed by atoms with Crippen molar-refractivity contribution in [1.29, 1.82) is 0 Å². The summed E-state index contributed by atoms with van der Waals surface area (Å²) in [5.41, 5.74) is 1.87. The number of amides is 1. The predicted molar refractivity (Wildman–Crippen MR) is 127 cm³/mol. The molecule has 7 heteroatoms. The van der Waals surface area contributed by atoms with E-state index in [2.05, 4.69) is 55.3 Å². The van der Waals surface area contributed by atoms with Crippen molar-refractivity contribution in [1.82, 2.24) is 9.88 Å². The Hall–Kier alpha value is -1.70. The molecule has 1 amide bonds. The maximum absolute atomic E-state index is 12.9. The number of nitrogens with zero attached hydrogens (tertiary/aromatic N) is 3. The lowest BCUT2D eigenvalue weighted by molar-refractivity contribution is 0.0746. The van der Waals surface area contributed by atoms with Gasteiger partial charge in [0.15, 0.2) is 5.13 Å². The van der Waals surface area contributed by atoms with Gasteiger partial charge in [-0.2, -0.15) is 0 Å². The summed E-state index contributed by atoms with van der Waals surface area (Å²) in [6.45, 7) is 7.45. The summed E-state index contributed by atoms with van der Waals surface area (Å²) < 4.78 is 1.23. The van der Waals surface area contributed by atoms with Crippen molar-refractivity contribution in [2.75, 3.05) is 37.3 Å². The zero-order chi connectivity index (χ0) is 20.4. The molecular formula is C22H25N3OS3. The Morgan fingerprint density at radius 1 is 1.07 bits per heavy atom. The average Bonchev–Trinajstić information content (AvgIpc) is 3.18. The topological polar surface area (TPSA) is 36.4 Å². The van der Waals surface area contributed by atoms with E-state index in [1.54, 1.807) is 23.1 Å². The highest BCUT2D eigenvalue weighted by molar-refractivity contribution is 8.00. The van der Waals surface area contributed by atoms with Crippen LogP contribution in [0.25, 0.3) is 10.2 Å². The van der Waals surface area contributed by atoms with Crippen LogP contribution in [0.4, 0.5) is 5.13 Å². The SMILES string of the molecule is CSc1cccc2sc(N3CCN(C(=O)c4ccc(SC(C)C)cc4)CC3)nc12. The summed E-state index contributed by atoms with van der Waals surface area (Å²) in [6.07, 6.45) is 2.09. The van der Waals surface area contributed by atoms with Gasteiger partial charge in [0.2, 0.25) is 0 Å². The van der Waals surface area contributed by atoms with Crippen molar-refractivity contribution in [3.05, 3.63) is 48.0 Å². The van der Waals surface area contributed by atoms with Crippen LogP contribution in [0.15, 0.2) is 52.3 Å². The fourth-order valence-corrected chi connectivity index (χ4v) is 5.95. The molecule has 2 aromatic carbocycles. The molecule has 2 heterocycles. The van der Waals surface area contributed by atoms with Crippen molar-refractivity contribution in [2.24, 2.45) is 0 Å². The molecule has 1 fully saturated rings. The molecule has 152 valence electrons. The van der Waals surface area contributed by atoms with Gasteiger partial charge in [-0.15, -0.1) is 23.5 Å². The van der Waals surface area contributed by atoms with Gasteiger partial charge in [0.25, 0.3) is 5.91 Å². The number of thioether (sulfide) groups is 2. The van der Waals surface area contributed by atoms with Gasteiger partial charge >= 0.3 is 0 Å². The minimum absolute atomic E-state index is 0.125. The summed E-state index contributed by atoms with van der Waals surface area (Å²) in [5, 5.41) is 1.60. The van der Waals surface area contributed by atoms with Crippen LogP contribution in [0.1, 0.15) is 24.2 Å². The molecule has 1 aliphatic rings. The van der Waals surface area contributed by atoms with E-state index >= 15 is 0 Å². The summed E-state index contributed by atoms with van der Waals surface area (Å²) >= 11 is 5.29. The molecule has 0 saturated carbocycles. The van der Waals surface area contributed by atoms with Gasteiger partial charge in [-0.25, -0.2) is 4.98 Å². The maximum atomic E-state index is 12.9. The first kappa shape index (κ1) is 20.6. The molecule has 0 atom stereocenters. The number of fused-ring (bicyclic) bond motifs is 1. The number of hydrogen-bond donors (Lipinski definition) is 0. The van der Waals surface area contributed by atoms with E-state index in [9.17, 15) is 4.79 Å². The van der Waals surface area contributed by atoms with E-state index in [1.807, 2.05) is 28.8 Å². The third kappa shape index (κ3) is 4.57. The normalized spacial score (nSPS) is 14.8. The molecule has 4 nitrogen and oxygen atoms in total. The number of aromatic nitrogens is 1. The lowest BCUT2D eigenvalue weighted by Crippen LogP contribution is -2.48. The number of carbonyl (C=O) groups excluding carboxylic acids is 1. The fraction of sp³-hybridized carbons (Fsp3) is 0.364. The number of carbonyl (C=O) groups is 1. The van der Waals surface area contributed by atoms with E-state index in [4.69, 9.17) is 4.98 Å². The Morgan fingerprint density at radius 3 is 2.45 bits per heavy atom. The highest BCUT2D eigenvalue weighted by Gasteiger charge is 2.24. The van der Waals surface area contributed by atoms with Gasteiger partial charge in [-0.05, 0) is 42.7 Å². The van der Waals surface area contributed by atoms with Crippen LogP contribution in [0.3, 0.4) is 0 Å². The number of rotatable bonds is 5. The van der Waals surface area contributed by atoms with Crippen LogP contribution in [0.2, 0.25) is 0 Å². The number of piperazine rings is 1. The van der Waals surface area contributed by atoms with Crippen molar-refractivity contribution < 1.29 is 4.79 Å².